The van der Waals surface area contributed by atoms with Gasteiger partial charge in [0.25, 0.3) is 0 Å². The van der Waals surface area contributed by atoms with Crippen molar-refractivity contribution in [1.29, 1.82) is 0 Å². The van der Waals surface area contributed by atoms with E-state index in [1.165, 1.54) is 6.07 Å². The molecule has 0 atom stereocenters. The van der Waals surface area contributed by atoms with Crippen LogP contribution in [0, 0.1) is 0 Å². The van der Waals surface area contributed by atoms with Crippen molar-refractivity contribution in [1.82, 2.24) is 0 Å². The van der Waals surface area contributed by atoms with Gasteiger partial charge in [0.1, 0.15) is 0 Å². The Bertz CT molecular complexity index is 769. The van der Waals surface area contributed by atoms with Crippen LogP contribution in [-0.2, 0) is 6.42 Å². The maximum absolute atomic E-state index is 11.7. The molecule has 17 heavy (non-hydrogen) atoms. The molecule has 1 aromatic carbocycles. The normalized spacial score (nSPS) is 15.6. The summed E-state index contributed by atoms with van der Waals surface area (Å²) in [5, 5.41) is 10.4. The van der Waals surface area contributed by atoms with Crippen molar-refractivity contribution >= 4 is 16.6 Å². The highest BCUT2D eigenvalue weighted by Gasteiger charge is 2.35. The van der Waals surface area contributed by atoms with Crippen LogP contribution < -0.4 is 10.4 Å². The van der Waals surface area contributed by atoms with Crippen LogP contribution in [0.2, 0.25) is 0 Å². The van der Waals surface area contributed by atoms with Gasteiger partial charge in [-0.25, -0.2) is 4.79 Å². The third kappa shape index (κ3) is 0.939. The number of hydrogen-bond acceptors (Lipinski definition) is 5. The van der Waals surface area contributed by atoms with Crippen molar-refractivity contribution in [3.63, 3.8) is 0 Å². The van der Waals surface area contributed by atoms with Gasteiger partial charge in [0, 0.05) is 17.4 Å². The summed E-state index contributed by atoms with van der Waals surface area (Å²) in [4.78, 5) is 23.3. The number of fused-ring (bicyclic) bond motifs is 5. The molecule has 1 aliphatic carbocycles. The van der Waals surface area contributed by atoms with E-state index in [1.54, 1.807) is 0 Å². The van der Waals surface area contributed by atoms with Gasteiger partial charge in [-0.3, -0.25) is 4.79 Å². The summed E-state index contributed by atoms with van der Waals surface area (Å²) in [6, 6.07) is 1.33. The molecule has 84 valence electrons. The molecular weight excluding hydrogens is 224 g/mol. The Morgan fingerprint density at radius 1 is 1.18 bits per heavy atom. The molecule has 0 saturated carbocycles. The lowest BCUT2D eigenvalue weighted by Gasteiger charge is -2.00. The van der Waals surface area contributed by atoms with Crippen LogP contribution in [0.3, 0.4) is 0 Å². The highest BCUT2D eigenvalue weighted by Crippen LogP contribution is 2.57. The van der Waals surface area contributed by atoms with Gasteiger partial charge < -0.3 is 14.3 Å². The maximum Gasteiger partial charge on any atom is 0.344 e. The highest BCUT2D eigenvalue weighted by atomic mass is 16.6. The van der Waals surface area contributed by atoms with Crippen molar-refractivity contribution in [2.45, 2.75) is 12.8 Å². The largest absolute Gasteiger partial charge is 0.504 e. The predicted molar refractivity (Wildman–Crippen MR) is 56.9 cm³/mol. The second-order valence-electron chi connectivity index (χ2n) is 4.20. The third-order valence-electron chi connectivity index (χ3n) is 3.22. The number of Topliss-reactive ketones (excluding diaryl/α,β-unsaturated/α-hetero) is 1. The van der Waals surface area contributed by atoms with Crippen LogP contribution in [0.15, 0.2) is 15.3 Å². The lowest BCUT2D eigenvalue weighted by molar-refractivity contribution is 0.0967. The van der Waals surface area contributed by atoms with Crippen LogP contribution in [0.4, 0.5) is 0 Å². The number of ether oxygens (including phenoxy) is 1. The number of phenols is 1. The van der Waals surface area contributed by atoms with E-state index in [2.05, 4.69) is 0 Å². The molecule has 0 fully saturated rings. The number of hydrogen-bond donors (Lipinski definition) is 1. The van der Waals surface area contributed by atoms with Crippen molar-refractivity contribution in [2.24, 2.45) is 0 Å². The second-order valence-corrected chi connectivity index (χ2v) is 4.20. The zero-order valence-electron chi connectivity index (χ0n) is 8.57. The minimum absolute atomic E-state index is 0.0657. The van der Waals surface area contributed by atoms with Crippen LogP contribution in [0.5, 0.6) is 17.2 Å². The summed E-state index contributed by atoms with van der Waals surface area (Å²) in [5.74, 6) is 0.819. The summed E-state index contributed by atoms with van der Waals surface area (Å²) in [5.41, 5.74) is 0.112. The molecule has 4 rings (SSSR count). The number of carbonyl (C=O) groups is 1. The first kappa shape index (κ1) is 8.81. The molecule has 1 aliphatic heterocycles. The van der Waals surface area contributed by atoms with Crippen molar-refractivity contribution in [3.8, 4) is 17.2 Å². The summed E-state index contributed by atoms with van der Waals surface area (Å²) in [7, 11) is 0. The maximum atomic E-state index is 11.7. The highest BCUT2D eigenvalue weighted by molar-refractivity contribution is 6.07. The van der Waals surface area contributed by atoms with Gasteiger partial charge in [-0.2, -0.15) is 0 Å². The van der Waals surface area contributed by atoms with Crippen molar-refractivity contribution in [3.05, 3.63) is 27.8 Å². The quantitative estimate of drug-likeness (QED) is 0.595. The van der Waals surface area contributed by atoms with E-state index in [9.17, 15) is 14.7 Å². The van der Waals surface area contributed by atoms with Crippen molar-refractivity contribution < 1.29 is 19.1 Å². The zero-order chi connectivity index (χ0) is 11.7. The fraction of sp³-hybridized carbons (Fsp3) is 0.167. The Kier molecular flexibility index (Phi) is 1.30. The summed E-state index contributed by atoms with van der Waals surface area (Å²) in [6.45, 7) is 0. The van der Waals surface area contributed by atoms with Gasteiger partial charge >= 0.3 is 5.63 Å². The smallest absolute Gasteiger partial charge is 0.344 e. The molecule has 0 amide bonds. The van der Waals surface area contributed by atoms with E-state index < -0.39 is 5.63 Å². The Morgan fingerprint density at radius 3 is 2.82 bits per heavy atom. The fourth-order valence-electron chi connectivity index (χ4n) is 2.41. The van der Waals surface area contributed by atoms with E-state index in [1.807, 2.05) is 0 Å². The van der Waals surface area contributed by atoms with Crippen LogP contribution >= 0.6 is 0 Å². The molecule has 0 bridgehead atoms. The summed E-state index contributed by atoms with van der Waals surface area (Å²) < 4.78 is 10.2. The average molecular weight is 230 g/mol. The molecule has 5 heteroatoms. The van der Waals surface area contributed by atoms with Gasteiger partial charge in [-0.15, -0.1) is 0 Å². The minimum Gasteiger partial charge on any atom is -0.504 e. The SMILES string of the molecule is O=C1CCc2c1oc(=O)c1cc(O)c3c(c21)O3. The number of aryl methyl sites for hydroxylation is 1. The summed E-state index contributed by atoms with van der Waals surface area (Å²) in [6.07, 6.45) is 0.905. The molecule has 0 unspecified atom stereocenters. The van der Waals surface area contributed by atoms with Crippen LogP contribution in [0.1, 0.15) is 22.5 Å². The molecule has 5 nitrogen and oxygen atoms in total. The Balaban J connectivity index is 2.27. The number of phenolic OH excluding ortho intramolecular Hbond substituents is 1. The monoisotopic (exact) mass is 230 g/mol. The minimum atomic E-state index is -0.609. The predicted octanol–water partition coefficient (Wildman–Crippen LogP) is 1.73. The van der Waals surface area contributed by atoms with E-state index >= 15 is 0 Å². The first-order valence-electron chi connectivity index (χ1n) is 5.23. The van der Waals surface area contributed by atoms with Crippen molar-refractivity contribution in [2.75, 3.05) is 0 Å². The van der Waals surface area contributed by atoms with Gasteiger partial charge in [-0.05, 0) is 12.5 Å². The number of rotatable bonds is 0. The lowest BCUT2D eigenvalue weighted by Crippen LogP contribution is -2.04. The number of carbonyl (C=O) groups excluding carboxylic acids is 1. The molecule has 0 spiro atoms. The molecule has 1 aromatic heterocycles. The third-order valence-corrected chi connectivity index (χ3v) is 3.22. The van der Waals surface area contributed by atoms with Gasteiger partial charge in [0.15, 0.2) is 23.0 Å². The van der Waals surface area contributed by atoms with Gasteiger partial charge in [0.05, 0.1) is 5.39 Å². The van der Waals surface area contributed by atoms with Crippen LogP contribution in [0.25, 0.3) is 10.8 Å². The Morgan fingerprint density at radius 2 is 2.00 bits per heavy atom. The Hall–Kier alpha value is -2.30. The van der Waals surface area contributed by atoms with E-state index in [4.69, 9.17) is 9.15 Å². The molecule has 1 N–H and O–H groups in total. The molecular formula is C12H6O5. The van der Waals surface area contributed by atoms with Crippen LogP contribution in [-0.4, -0.2) is 10.9 Å². The van der Waals surface area contributed by atoms with Gasteiger partial charge in [0.2, 0.25) is 5.75 Å². The number of ketones is 1. The molecule has 2 aromatic rings. The molecule has 0 saturated heterocycles. The zero-order valence-corrected chi connectivity index (χ0v) is 8.57. The van der Waals surface area contributed by atoms with E-state index in [-0.39, 0.29) is 22.7 Å². The van der Waals surface area contributed by atoms with E-state index in [0.717, 1.165) is 5.56 Å². The first-order chi connectivity index (χ1) is 8.16. The topological polar surface area (TPSA) is 80.0 Å². The average Bonchev–Trinajstić information content (AvgIpc) is 3.02. The second kappa shape index (κ2) is 2.51. The molecule has 0 radical (unpaired) electrons. The number of aromatic hydroxyl groups is 1. The molecule has 2 aliphatic rings. The standard InChI is InChI=1S/C12H6O5/c13-6-2-1-4-8-5(12(15)17-9(4)6)3-7(14)10-11(8)16-10/h3,14H,1-2H2. The first-order valence-corrected chi connectivity index (χ1v) is 5.23. The summed E-state index contributed by atoms with van der Waals surface area (Å²) >= 11 is 0. The van der Waals surface area contributed by atoms with Gasteiger partial charge in [-0.1, -0.05) is 0 Å². The fourth-order valence-corrected chi connectivity index (χ4v) is 2.41. The van der Waals surface area contributed by atoms with E-state index in [0.29, 0.717) is 29.7 Å². The number of benzene rings is 1. The lowest BCUT2D eigenvalue weighted by atomic mass is 10.1. The molecule has 2 heterocycles. The Labute approximate surface area is 94.2 Å².